The van der Waals surface area contributed by atoms with Crippen molar-refractivity contribution in [1.29, 1.82) is 0 Å². The molecule has 0 rings (SSSR count). The number of phosphoric acid groups is 2. The first-order valence-electron chi connectivity index (χ1n) is 39.0. The first-order chi connectivity index (χ1) is 50.7. The molecule has 0 heterocycles. The third-order valence-electron chi connectivity index (χ3n) is 15.3. The molecule has 0 fully saturated rings. The minimum Gasteiger partial charge on any atom is -0.462 e. The summed E-state index contributed by atoms with van der Waals surface area (Å²) in [6.07, 6.45) is 90.4. The summed E-state index contributed by atoms with van der Waals surface area (Å²) < 4.78 is 68.4. The van der Waals surface area contributed by atoms with Gasteiger partial charge in [0.1, 0.15) is 19.3 Å². The summed E-state index contributed by atoms with van der Waals surface area (Å²) in [6, 6.07) is 0. The molecule has 0 aromatic heterocycles. The standard InChI is InChI=1S/C85H136O17P2/c1-5-9-13-17-21-25-29-32-35-38-39-42-44-47-51-54-58-62-66-70-83(88)96-76-81(102-85(90)72-68-64-60-56-52-48-45-41-37-34-31-27-23-19-15-11-7-3)78-100-104(93,94)98-74-79(86)73-97-103(91,92)99-77-80(101-84(89)71-67-63-59-55-49-28-24-20-16-12-8-4)75-95-82(87)69-65-61-57-53-50-46-43-40-36-33-30-26-22-18-14-10-6-2/h9-11,13-15,20-27,32-37,39,42-43,45-48,51,56,60,79-81,86H,5-8,12,16-19,28-31,38,40-41,44,49-50,52-55,57-59,61-78H2,1-4H3,(H,91,92)(H,93,94)/b13-9-,14-10-,15-11-,24-20-,25-21-,26-22-,27-23-,35-32-,36-33-,37-34-,42-39-,46-43-,48-45-,51-47-,60-56-. The summed E-state index contributed by atoms with van der Waals surface area (Å²) in [5, 5.41) is 10.6. The van der Waals surface area contributed by atoms with Gasteiger partial charge in [0.25, 0.3) is 0 Å². The average molecular weight is 1490 g/mol. The molecule has 104 heavy (non-hydrogen) atoms. The second kappa shape index (κ2) is 75.4. The summed E-state index contributed by atoms with van der Waals surface area (Å²) in [4.78, 5) is 72.9. The summed E-state index contributed by atoms with van der Waals surface area (Å²) in [7, 11) is -10.0. The van der Waals surface area contributed by atoms with Crippen LogP contribution in [-0.2, 0) is 65.4 Å². The Morgan fingerprint density at radius 1 is 0.279 bits per heavy atom. The summed E-state index contributed by atoms with van der Waals surface area (Å²) in [6.45, 7) is 4.32. The lowest BCUT2D eigenvalue weighted by atomic mass is 10.1. The van der Waals surface area contributed by atoms with Crippen LogP contribution in [0.4, 0.5) is 0 Å². The lowest BCUT2D eigenvalue weighted by Gasteiger charge is -2.21. The Balaban J connectivity index is 5.46. The third kappa shape index (κ3) is 74.4. The van der Waals surface area contributed by atoms with E-state index < -0.39 is 97.5 Å². The maximum Gasteiger partial charge on any atom is 0.472 e. The normalized spacial score (nSPS) is 14.9. The molecule has 0 aliphatic rings. The van der Waals surface area contributed by atoms with Crippen LogP contribution in [0.25, 0.3) is 0 Å². The number of esters is 4. The largest absolute Gasteiger partial charge is 0.472 e. The van der Waals surface area contributed by atoms with Crippen LogP contribution in [0, 0.1) is 0 Å². The monoisotopic (exact) mass is 1490 g/mol. The Morgan fingerprint density at radius 2 is 0.510 bits per heavy atom. The minimum atomic E-state index is -5.01. The van der Waals surface area contributed by atoms with Gasteiger partial charge in [-0.2, -0.15) is 0 Å². The van der Waals surface area contributed by atoms with E-state index >= 15 is 0 Å². The van der Waals surface area contributed by atoms with Crippen LogP contribution in [0.15, 0.2) is 182 Å². The maximum atomic E-state index is 13.1. The molecule has 19 heteroatoms. The van der Waals surface area contributed by atoms with Crippen LogP contribution in [0.3, 0.4) is 0 Å². The topological polar surface area (TPSA) is 237 Å². The van der Waals surface area contributed by atoms with Crippen molar-refractivity contribution < 1.29 is 80.2 Å². The molecule has 0 aliphatic carbocycles. The Morgan fingerprint density at radius 3 is 0.827 bits per heavy atom. The molecule has 0 saturated heterocycles. The van der Waals surface area contributed by atoms with Gasteiger partial charge in [-0.05, 0) is 167 Å². The molecule has 5 atom stereocenters. The third-order valence-corrected chi connectivity index (χ3v) is 17.2. The molecule has 5 unspecified atom stereocenters. The van der Waals surface area contributed by atoms with Gasteiger partial charge in [0.2, 0.25) is 0 Å². The van der Waals surface area contributed by atoms with Gasteiger partial charge in [-0.25, -0.2) is 9.13 Å². The van der Waals surface area contributed by atoms with Gasteiger partial charge in [-0.3, -0.25) is 37.3 Å². The van der Waals surface area contributed by atoms with E-state index in [1.165, 1.54) is 12.8 Å². The quantitative estimate of drug-likeness (QED) is 0.0169. The number of unbranched alkanes of at least 4 members (excludes halogenated alkanes) is 15. The number of aliphatic hydroxyl groups excluding tert-OH is 1. The van der Waals surface area contributed by atoms with Crippen LogP contribution in [0.2, 0.25) is 0 Å². The zero-order valence-corrected chi connectivity index (χ0v) is 65.9. The number of rotatable bonds is 71. The number of carbonyl (C=O) groups excluding carboxylic acids is 4. The van der Waals surface area contributed by atoms with E-state index in [1.54, 1.807) is 0 Å². The number of hydrogen-bond donors (Lipinski definition) is 3. The van der Waals surface area contributed by atoms with Crippen LogP contribution in [0.5, 0.6) is 0 Å². The van der Waals surface area contributed by atoms with Gasteiger partial charge in [0, 0.05) is 25.7 Å². The average Bonchev–Trinajstić information content (AvgIpc) is 0.931. The molecule has 0 aliphatic heterocycles. The van der Waals surface area contributed by atoms with Gasteiger partial charge in [0.05, 0.1) is 26.4 Å². The first kappa shape index (κ1) is 98.2. The van der Waals surface area contributed by atoms with Crippen molar-refractivity contribution in [3.8, 4) is 0 Å². The molecule has 0 aromatic rings. The molecule has 0 radical (unpaired) electrons. The van der Waals surface area contributed by atoms with Gasteiger partial charge >= 0.3 is 39.5 Å². The number of phosphoric ester groups is 2. The summed E-state index contributed by atoms with van der Waals surface area (Å²) in [5.41, 5.74) is 0. The van der Waals surface area contributed by atoms with Crippen molar-refractivity contribution in [3.05, 3.63) is 182 Å². The highest BCUT2D eigenvalue weighted by Gasteiger charge is 2.30. The van der Waals surface area contributed by atoms with Gasteiger partial charge < -0.3 is 33.8 Å². The van der Waals surface area contributed by atoms with E-state index in [0.717, 1.165) is 173 Å². The molecule has 17 nitrogen and oxygen atoms in total. The highest BCUT2D eigenvalue weighted by atomic mass is 31.2. The van der Waals surface area contributed by atoms with Crippen molar-refractivity contribution in [1.82, 2.24) is 0 Å². The summed E-state index contributed by atoms with van der Waals surface area (Å²) in [5.74, 6) is -2.34. The number of ether oxygens (including phenoxy) is 4. The lowest BCUT2D eigenvalue weighted by Crippen LogP contribution is -2.30. The summed E-state index contributed by atoms with van der Waals surface area (Å²) >= 11 is 0. The Kier molecular flexibility index (Phi) is 71.2. The second-order valence-electron chi connectivity index (χ2n) is 25.1. The Labute approximate surface area is 628 Å². The molecule has 0 saturated carbocycles. The van der Waals surface area contributed by atoms with Crippen molar-refractivity contribution in [2.75, 3.05) is 39.6 Å². The van der Waals surface area contributed by atoms with Crippen LogP contribution >= 0.6 is 15.6 Å². The number of aliphatic hydroxyl groups is 1. The predicted molar refractivity (Wildman–Crippen MR) is 426 cm³/mol. The fourth-order valence-electron chi connectivity index (χ4n) is 9.49. The highest BCUT2D eigenvalue weighted by molar-refractivity contribution is 7.47. The second-order valence-corrected chi connectivity index (χ2v) is 28.1. The Bertz CT molecular complexity index is 2690. The van der Waals surface area contributed by atoms with Gasteiger partial charge in [-0.15, -0.1) is 0 Å². The van der Waals surface area contributed by atoms with E-state index in [4.69, 9.17) is 37.0 Å². The van der Waals surface area contributed by atoms with E-state index in [1.807, 2.05) is 12.2 Å². The van der Waals surface area contributed by atoms with Crippen LogP contribution in [-0.4, -0.2) is 96.7 Å². The smallest absolute Gasteiger partial charge is 0.462 e. The van der Waals surface area contributed by atoms with Crippen molar-refractivity contribution in [2.24, 2.45) is 0 Å². The molecular weight excluding hydrogens is 1350 g/mol. The number of carbonyl (C=O) groups is 4. The van der Waals surface area contributed by atoms with Gasteiger partial charge in [-0.1, -0.05) is 261 Å². The molecule has 0 spiro atoms. The first-order valence-corrected chi connectivity index (χ1v) is 42.0. The zero-order chi connectivity index (χ0) is 76.0. The fraction of sp³-hybridized carbons (Fsp3) is 0.600. The molecule has 3 N–H and O–H groups in total. The zero-order valence-electron chi connectivity index (χ0n) is 64.1. The Hall–Kier alpha value is -5.84. The number of hydrogen-bond acceptors (Lipinski definition) is 15. The molecule has 0 bridgehead atoms. The van der Waals surface area contributed by atoms with Crippen molar-refractivity contribution in [2.45, 2.75) is 290 Å². The SMILES string of the molecule is CC/C=C\C/C=C\C/C=C\C/C=C\C/C=C\CCCCCC(=O)OCC(COP(=O)(O)OCC(O)COP(=O)(O)OCC(COC(=O)CCCCCC/C=C\C/C=C\C/C=C\C/C=C\CC)OC(=O)CCCCCCC/C=C\CCCC)OC(=O)CCC/C=C\C/C=C\C/C=C\C/C=C\C/C=C\CC. The van der Waals surface area contributed by atoms with Gasteiger partial charge in [0.15, 0.2) is 12.2 Å². The highest BCUT2D eigenvalue weighted by Crippen LogP contribution is 2.45. The van der Waals surface area contributed by atoms with E-state index in [-0.39, 0.29) is 25.7 Å². The van der Waals surface area contributed by atoms with E-state index in [9.17, 15) is 43.2 Å². The fourth-order valence-corrected chi connectivity index (χ4v) is 11.1. The molecule has 0 aromatic carbocycles. The van der Waals surface area contributed by atoms with E-state index in [0.29, 0.717) is 32.1 Å². The predicted octanol–water partition coefficient (Wildman–Crippen LogP) is 22.8. The number of allylic oxidation sites excluding steroid dienone is 30. The minimum absolute atomic E-state index is 0.00114. The van der Waals surface area contributed by atoms with Crippen LogP contribution < -0.4 is 0 Å². The molecular formula is C85H136O17P2. The lowest BCUT2D eigenvalue weighted by molar-refractivity contribution is -0.161. The van der Waals surface area contributed by atoms with Crippen molar-refractivity contribution in [3.63, 3.8) is 0 Å². The van der Waals surface area contributed by atoms with E-state index in [2.05, 4.69) is 198 Å². The van der Waals surface area contributed by atoms with Crippen molar-refractivity contribution >= 4 is 39.5 Å². The maximum absolute atomic E-state index is 13.1. The molecule has 588 valence electrons. The van der Waals surface area contributed by atoms with Crippen LogP contribution in [0.1, 0.15) is 272 Å². The molecule has 0 amide bonds.